The molecule has 1 aromatic carbocycles. The molecule has 0 N–H and O–H groups in total. The van der Waals surface area contributed by atoms with Gasteiger partial charge in [0, 0.05) is 25.1 Å². The number of hydrogen-bond donors (Lipinski definition) is 0. The smallest absolute Gasteiger partial charge is 0.451 e. The third kappa shape index (κ3) is 1.62. The molecular formula is C22H24BFO5. The molecule has 0 bridgehead atoms. The minimum absolute atomic E-state index is 0.0984. The molecule has 152 valence electrons. The predicted molar refractivity (Wildman–Crippen MR) is 101 cm³/mol. The van der Waals surface area contributed by atoms with Crippen LogP contribution in [0.4, 0.5) is 4.39 Å². The maximum absolute atomic E-state index is 14.4. The predicted octanol–water partition coefficient (Wildman–Crippen LogP) is 4.06. The summed E-state index contributed by atoms with van der Waals surface area (Å²) in [7, 11) is -0.238. The Balaban J connectivity index is 1.20. The Kier molecular flexibility index (Phi) is 2.67. The van der Waals surface area contributed by atoms with Crippen molar-refractivity contribution in [3.8, 4) is 5.75 Å². The van der Waals surface area contributed by atoms with Gasteiger partial charge >= 0.3 is 13.1 Å². The van der Waals surface area contributed by atoms with Crippen LogP contribution in [0.5, 0.6) is 5.75 Å². The van der Waals surface area contributed by atoms with Gasteiger partial charge in [0.25, 0.3) is 0 Å². The van der Waals surface area contributed by atoms with Gasteiger partial charge in [-0.15, -0.1) is 0 Å². The van der Waals surface area contributed by atoms with Gasteiger partial charge in [0.2, 0.25) is 5.79 Å². The molecule has 29 heavy (non-hydrogen) atoms. The highest BCUT2D eigenvalue weighted by molar-refractivity contribution is 6.49. The van der Waals surface area contributed by atoms with Crippen molar-refractivity contribution < 1.29 is 28.0 Å². The van der Waals surface area contributed by atoms with Crippen LogP contribution in [-0.4, -0.2) is 30.1 Å². The molecule has 5 nitrogen and oxygen atoms in total. The average Bonchev–Trinajstić information content (AvgIpc) is 3.35. The lowest BCUT2D eigenvalue weighted by atomic mass is 9.21. The van der Waals surface area contributed by atoms with Crippen molar-refractivity contribution in [2.24, 2.45) is 17.3 Å². The maximum atomic E-state index is 14.4. The lowest BCUT2D eigenvalue weighted by Gasteiger charge is -2.87. The van der Waals surface area contributed by atoms with E-state index in [-0.39, 0.29) is 35.6 Å². The van der Waals surface area contributed by atoms with Gasteiger partial charge in [0.15, 0.2) is 0 Å². The van der Waals surface area contributed by atoms with Crippen molar-refractivity contribution in [3.05, 3.63) is 29.1 Å². The van der Waals surface area contributed by atoms with E-state index in [9.17, 15) is 9.18 Å². The lowest BCUT2D eigenvalue weighted by molar-refractivity contribution is -0.429. The zero-order valence-electron chi connectivity index (χ0n) is 17.1. The molecule has 6 aliphatic rings. The molecule has 2 aliphatic heterocycles. The first-order valence-corrected chi connectivity index (χ1v) is 10.7. The second-order valence-corrected chi connectivity index (χ2v) is 10.7. The van der Waals surface area contributed by atoms with E-state index in [0.717, 1.165) is 24.3 Å². The number of halogens is 1. The van der Waals surface area contributed by atoms with Crippen molar-refractivity contribution in [1.29, 1.82) is 0 Å². The molecule has 6 unspecified atom stereocenters. The van der Waals surface area contributed by atoms with Crippen LogP contribution in [0, 0.1) is 23.1 Å². The molecule has 0 aromatic heterocycles. The number of carbonyl (C=O) groups excluding carboxylic acids is 1. The van der Waals surface area contributed by atoms with E-state index >= 15 is 0 Å². The molecule has 2 heterocycles. The summed E-state index contributed by atoms with van der Waals surface area (Å²) < 4.78 is 38.7. The van der Waals surface area contributed by atoms with Crippen LogP contribution in [0.3, 0.4) is 0 Å². The fourth-order valence-electron chi connectivity index (χ4n) is 7.67. The molecule has 4 aliphatic carbocycles. The Labute approximate surface area is 169 Å². The van der Waals surface area contributed by atoms with Gasteiger partial charge in [-0.3, -0.25) is 0 Å². The zero-order valence-corrected chi connectivity index (χ0v) is 17.1. The number of rotatable bonds is 2. The number of fused-ring (bicyclic) bond motifs is 2. The molecule has 7 rings (SSSR count). The number of hydrogen-bond acceptors (Lipinski definition) is 5. The summed E-state index contributed by atoms with van der Waals surface area (Å²) in [6, 6.07) is 3.08. The highest BCUT2D eigenvalue weighted by Gasteiger charge is 2.94. The minimum Gasteiger partial charge on any atom is -0.451 e. The van der Waals surface area contributed by atoms with Crippen molar-refractivity contribution >= 4 is 13.1 Å². The standard InChI is InChI=1S/C22H24BFO5/c1-19(2)26-17-11(5-6-14(24)16(17)18(25)27-19)12-8-13(12)23-28-21(4)15-7-10-9-22(21,29-23)20(10,15)3/h5-6,10,12-13,15H,7-9H2,1-4H3/t10?,12?,13?,15?,20?,21-,22?/m0/s1. The third-order valence-corrected chi connectivity index (χ3v) is 9.26. The van der Waals surface area contributed by atoms with Crippen LogP contribution in [0.25, 0.3) is 0 Å². The first-order valence-electron chi connectivity index (χ1n) is 10.7. The van der Waals surface area contributed by atoms with Crippen molar-refractivity contribution in [3.63, 3.8) is 0 Å². The zero-order chi connectivity index (χ0) is 20.1. The quantitative estimate of drug-likeness (QED) is 0.556. The Morgan fingerprint density at radius 2 is 1.90 bits per heavy atom. The van der Waals surface area contributed by atoms with Gasteiger partial charge in [0.1, 0.15) is 17.1 Å². The summed E-state index contributed by atoms with van der Waals surface area (Å²) in [4.78, 5) is 12.4. The molecule has 1 aromatic rings. The summed E-state index contributed by atoms with van der Waals surface area (Å²) >= 11 is 0. The Hall–Kier alpha value is -1.60. The second kappa shape index (κ2) is 4.52. The first-order chi connectivity index (χ1) is 13.6. The van der Waals surface area contributed by atoms with E-state index in [4.69, 9.17) is 18.8 Å². The number of cyclic esters (lactones) is 1. The second-order valence-electron chi connectivity index (χ2n) is 10.7. The number of ether oxygens (including phenoxy) is 2. The SMILES string of the molecule is CC1(C)OC(=O)c2c(F)ccc(C3CC3B3OC45CC6CC(C64C)[C@]5(C)O3)c2O1. The average molecular weight is 398 g/mol. The largest absolute Gasteiger partial charge is 0.461 e. The monoisotopic (exact) mass is 398 g/mol. The summed E-state index contributed by atoms with van der Waals surface area (Å²) in [5.74, 6) is -0.336. The van der Waals surface area contributed by atoms with Gasteiger partial charge in [-0.1, -0.05) is 13.0 Å². The van der Waals surface area contributed by atoms with Crippen LogP contribution in [0.1, 0.15) is 68.8 Å². The number of benzene rings is 1. The van der Waals surface area contributed by atoms with Gasteiger partial charge < -0.3 is 18.8 Å². The van der Waals surface area contributed by atoms with E-state index < -0.39 is 17.6 Å². The van der Waals surface area contributed by atoms with E-state index in [2.05, 4.69) is 13.8 Å². The molecule has 0 amide bonds. The van der Waals surface area contributed by atoms with E-state index in [1.54, 1.807) is 19.9 Å². The summed E-state index contributed by atoms with van der Waals surface area (Å²) in [5, 5.41) is 0. The molecule has 4 saturated carbocycles. The van der Waals surface area contributed by atoms with Crippen molar-refractivity contribution in [1.82, 2.24) is 0 Å². The molecule has 1 spiro atoms. The summed E-state index contributed by atoms with van der Waals surface area (Å²) in [6.07, 6.45) is 3.26. The molecule has 1 saturated heterocycles. The molecule has 0 radical (unpaired) electrons. The first kappa shape index (κ1) is 17.1. The summed E-state index contributed by atoms with van der Waals surface area (Å²) in [5.41, 5.74) is 0.770. The van der Waals surface area contributed by atoms with Gasteiger partial charge in [-0.05, 0) is 55.6 Å². The van der Waals surface area contributed by atoms with E-state index in [1.165, 1.54) is 12.5 Å². The van der Waals surface area contributed by atoms with Crippen LogP contribution in [-0.2, 0) is 14.0 Å². The highest BCUT2D eigenvalue weighted by atomic mass is 19.1. The fraction of sp³-hybridized carbons (Fsp3) is 0.682. The van der Waals surface area contributed by atoms with Crippen molar-refractivity contribution in [2.45, 2.75) is 75.7 Å². The van der Waals surface area contributed by atoms with Gasteiger partial charge in [-0.2, -0.15) is 0 Å². The van der Waals surface area contributed by atoms with Gasteiger partial charge in [-0.25, -0.2) is 9.18 Å². The number of esters is 1. The molecule has 5 fully saturated rings. The van der Waals surface area contributed by atoms with Crippen LogP contribution < -0.4 is 4.74 Å². The van der Waals surface area contributed by atoms with E-state index in [1.807, 2.05) is 0 Å². The van der Waals surface area contributed by atoms with E-state index in [0.29, 0.717) is 17.1 Å². The topological polar surface area (TPSA) is 54.0 Å². The Bertz CT molecular complexity index is 1010. The highest BCUT2D eigenvalue weighted by Crippen LogP contribution is 2.88. The summed E-state index contributed by atoms with van der Waals surface area (Å²) in [6.45, 7) is 7.92. The molecular weight excluding hydrogens is 374 g/mol. The van der Waals surface area contributed by atoms with Gasteiger partial charge in [0.05, 0.1) is 11.2 Å². The van der Waals surface area contributed by atoms with Crippen LogP contribution in [0.15, 0.2) is 12.1 Å². The Morgan fingerprint density at radius 1 is 1.10 bits per heavy atom. The molecule has 7 heteroatoms. The fourth-order valence-corrected chi connectivity index (χ4v) is 7.67. The maximum Gasteiger partial charge on any atom is 0.461 e. The van der Waals surface area contributed by atoms with Crippen LogP contribution >= 0.6 is 0 Å². The molecule has 7 atom stereocenters. The number of carbonyl (C=O) groups is 1. The Morgan fingerprint density at radius 3 is 2.59 bits per heavy atom. The lowest BCUT2D eigenvalue weighted by Crippen LogP contribution is -2.92. The normalized spacial score (nSPS) is 49.4. The van der Waals surface area contributed by atoms with Crippen molar-refractivity contribution in [2.75, 3.05) is 0 Å². The third-order valence-electron chi connectivity index (χ3n) is 9.26. The van der Waals surface area contributed by atoms with Crippen LogP contribution in [0.2, 0.25) is 5.82 Å². The minimum atomic E-state index is -1.11.